The van der Waals surface area contributed by atoms with Gasteiger partial charge < -0.3 is 10.6 Å². The monoisotopic (exact) mass is 521 g/mol. The van der Waals surface area contributed by atoms with Crippen molar-refractivity contribution in [2.24, 2.45) is 0 Å². The smallest absolute Gasteiger partial charge is 0.324 e. The van der Waals surface area contributed by atoms with Crippen molar-refractivity contribution in [2.45, 2.75) is 28.1 Å². The zero-order valence-electron chi connectivity index (χ0n) is 18.0. The first-order valence-corrected chi connectivity index (χ1v) is 12.5. The van der Waals surface area contributed by atoms with Gasteiger partial charge in [0.1, 0.15) is 0 Å². The molecule has 182 valence electrons. The molecule has 1 unspecified atom stereocenters. The van der Waals surface area contributed by atoms with Gasteiger partial charge in [-0.1, -0.05) is 6.07 Å². The van der Waals surface area contributed by atoms with Crippen LogP contribution in [0, 0.1) is 0 Å². The van der Waals surface area contributed by atoms with E-state index in [9.17, 15) is 31.2 Å². The van der Waals surface area contributed by atoms with Crippen LogP contribution in [-0.4, -0.2) is 25.5 Å². The number of carbonyl (C=O) groups excluding carboxylic acids is 2. The number of hydrogen-bond acceptors (Lipinski definition) is 5. The molecule has 7 nitrogen and oxygen atoms in total. The van der Waals surface area contributed by atoms with Crippen LogP contribution in [0.2, 0.25) is 0 Å². The molecule has 0 saturated carbocycles. The van der Waals surface area contributed by atoms with Crippen LogP contribution >= 0.6 is 11.8 Å². The topological polar surface area (TPSA) is 104 Å². The molecular formula is C23H18F3N3O4S2. The number of rotatable bonds is 5. The molecule has 0 aliphatic carbocycles. The van der Waals surface area contributed by atoms with E-state index in [1.165, 1.54) is 42.1 Å². The number of hydrogen-bond donors (Lipinski definition) is 3. The van der Waals surface area contributed by atoms with E-state index in [1.54, 1.807) is 19.1 Å². The Morgan fingerprint density at radius 3 is 2.40 bits per heavy atom. The SMILES string of the molecule is CC1Sc2ccc(C(=O)Nc3cccc(S(=O)(=O)Nc4ccc(C(F)(F)F)cc4)c3)cc2NC1=O. The number of amides is 2. The molecule has 0 bridgehead atoms. The van der Waals surface area contributed by atoms with Crippen LogP contribution in [-0.2, 0) is 21.0 Å². The van der Waals surface area contributed by atoms with Crippen molar-refractivity contribution in [3.8, 4) is 0 Å². The Kier molecular flexibility index (Phi) is 6.52. The number of halogens is 3. The van der Waals surface area contributed by atoms with Gasteiger partial charge in [0.25, 0.3) is 15.9 Å². The molecule has 3 N–H and O–H groups in total. The number of fused-ring (bicyclic) bond motifs is 1. The van der Waals surface area contributed by atoms with Crippen molar-refractivity contribution >= 4 is 50.7 Å². The minimum Gasteiger partial charge on any atom is -0.324 e. The maximum Gasteiger partial charge on any atom is 0.416 e. The molecule has 3 aromatic rings. The van der Waals surface area contributed by atoms with E-state index in [1.807, 2.05) is 0 Å². The predicted molar refractivity (Wildman–Crippen MR) is 127 cm³/mol. The van der Waals surface area contributed by atoms with Gasteiger partial charge in [0, 0.05) is 21.8 Å². The Morgan fingerprint density at radius 2 is 1.71 bits per heavy atom. The molecule has 35 heavy (non-hydrogen) atoms. The van der Waals surface area contributed by atoms with Gasteiger partial charge in [-0.05, 0) is 67.6 Å². The summed E-state index contributed by atoms with van der Waals surface area (Å²) in [6.45, 7) is 1.77. The van der Waals surface area contributed by atoms with Gasteiger partial charge in [-0.2, -0.15) is 13.2 Å². The second kappa shape index (κ2) is 9.27. The van der Waals surface area contributed by atoms with E-state index in [4.69, 9.17) is 0 Å². The highest BCUT2D eigenvalue weighted by atomic mass is 32.2. The Hall–Kier alpha value is -3.51. The summed E-state index contributed by atoms with van der Waals surface area (Å²) >= 11 is 1.38. The van der Waals surface area contributed by atoms with Crippen LogP contribution < -0.4 is 15.4 Å². The molecule has 0 saturated heterocycles. The average molecular weight is 522 g/mol. The minimum absolute atomic E-state index is 0.0456. The summed E-state index contributed by atoms with van der Waals surface area (Å²) in [6, 6.07) is 13.8. The normalized spacial score (nSPS) is 15.7. The summed E-state index contributed by atoms with van der Waals surface area (Å²) in [4.78, 5) is 25.3. The Labute approximate surface area is 203 Å². The van der Waals surface area contributed by atoms with Crippen LogP contribution in [0.4, 0.5) is 30.2 Å². The summed E-state index contributed by atoms with van der Waals surface area (Å²) in [5, 5.41) is 5.11. The van der Waals surface area contributed by atoms with Crippen molar-refractivity contribution in [1.82, 2.24) is 0 Å². The third-order valence-corrected chi connectivity index (χ3v) is 7.60. The fraction of sp³-hybridized carbons (Fsp3) is 0.130. The summed E-state index contributed by atoms with van der Waals surface area (Å²) in [5.41, 5.74) is 0.0175. The molecule has 3 aromatic carbocycles. The molecule has 0 radical (unpaired) electrons. The maximum absolute atomic E-state index is 12.7. The molecule has 1 aliphatic rings. The van der Waals surface area contributed by atoms with Crippen molar-refractivity contribution in [2.75, 3.05) is 15.4 Å². The molecule has 0 spiro atoms. The highest BCUT2D eigenvalue weighted by Crippen LogP contribution is 2.36. The Balaban J connectivity index is 1.49. The number of anilines is 3. The lowest BCUT2D eigenvalue weighted by Crippen LogP contribution is -2.26. The van der Waals surface area contributed by atoms with Gasteiger partial charge in [-0.3, -0.25) is 14.3 Å². The zero-order chi connectivity index (χ0) is 25.4. The van der Waals surface area contributed by atoms with Gasteiger partial charge >= 0.3 is 6.18 Å². The number of sulfonamides is 1. The van der Waals surface area contributed by atoms with Crippen LogP contribution in [0.15, 0.2) is 76.5 Å². The molecule has 1 atom stereocenters. The van der Waals surface area contributed by atoms with Gasteiger partial charge in [0.15, 0.2) is 0 Å². The van der Waals surface area contributed by atoms with Crippen LogP contribution in [0.1, 0.15) is 22.8 Å². The van der Waals surface area contributed by atoms with Crippen LogP contribution in [0.3, 0.4) is 0 Å². The average Bonchev–Trinajstić information content (AvgIpc) is 2.79. The lowest BCUT2D eigenvalue weighted by atomic mass is 10.1. The van der Waals surface area contributed by atoms with Gasteiger partial charge in [0.05, 0.1) is 21.4 Å². The number of nitrogens with one attached hydrogen (secondary N) is 3. The summed E-state index contributed by atoms with van der Waals surface area (Å²) in [5.74, 6) is -0.686. The van der Waals surface area contributed by atoms with E-state index >= 15 is 0 Å². The quantitative estimate of drug-likeness (QED) is 0.429. The number of alkyl halides is 3. The molecule has 4 rings (SSSR count). The van der Waals surface area contributed by atoms with Crippen LogP contribution in [0.25, 0.3) is 0 Å². The van der Waals surface area contributed by atoms with Crippen molar-refractivity contribution in [3.05, 3.63) is 77.9 Å². The fourth-order valence-corrected chi connectivity index (χ4v) is 5.27. The van der Waals surface area contributed by atoms with Gasteiger partial charge in [0.2, 0.25) is 5.91 Å². The summed E-state index contributed by atoms with van der Waals surface area (Å²) in [6.07, 6.45) is -4.54. The fourth-order valence-electron chi connectivity index (χ4n) is 3.24. The second-order valence-corrected chi connectivity index (χ2v) is 10.7. The first-order valence-electron chi connectivity index (χ1n) is 10.2. The molecule has 1 heterocycles. The largest absolute Gasteiger partial charge is 0.416 e. The predicted octanol–water partition coefficient (Wildman–Crippen LogP) is 5.19. The lowest BCUT2D eigenvalue weighted by molar-refractivity contribution is -0.137. The van der Waals surface area contributed by atoms with Crippen molar-refractivity contribution < 1.29 is 31.2 Å². The van der Waals surface area contributed by atoms with Crippen molar-refractivity contribution in [3.63, 3.8) is 0 Å². The van der Waals surface area contributed by atoms with Gasteiger partial charge in [-0.25, -0.2) is 8.42 Å². The standard InChI is InChI=1S/C23H18F3N3O4S2/c1-13-21(30)28-19-11-14(5-10-20(19)34-13)22(31)27-17-3-2-4-18(12-17)35(32,33)29-16-8-6-15(7-9-16)23(24,25)26/h2-13,29H,1H3,(H,27,31)(H,28,30). The van der Waals surface area contributed by atoms with Crippen LogP contribution in [0.5, 0.6) is 0 Å². The maximum atomic E-state index is 12.7. The number of benzene rings is 3. The number of carbonyl (C=O) groups is 2. The summed E-state index contributed by atoms with van der Waals surface area (Å²) in [7, 11) is -4.14. The lowest BCUT2D eigenvalue weighted by Gasteiger charge is -2.21. The molecule has 0 fully saturated rings. The highest BCUT2D eigenvalue weighted by molar-refractivity contribution is 8.01. The van der Waals surface area contributed by atoms with Gasteiger partial charge in [-0.15, -0.1) is 11.8 Å². The van der Waals surface area contributed by atoms with E-state index in [0.717, 1.165) is 29.2 Å². The first kappa shape index (κ1) is 24.6. The molecular weight excluding hydrogens is 503 g/mol. The number of thioether (sulfide) groups is 1. The van der Waals surface area contributed by atoms with Crippen molar-refractivity contribution in [1.29, 1.82) is 0 Å². The summed E-state index contributed by atoms with van der Waals surface area (Å²) < 4.78 is 65.8. The third-order valence-electron chi connectivity index (χ3n) is 5.04. The third kappa shape index (κ3) is 5.60. The molecule has 0 aromatic heterocycles. The van der Waals surface area contributed by atoms with E-state index in [-0.39, 0.29) is 33.0 Å². The van der Waals surface area contributed by atoms with E-state index in [2.05, 4.69) is 15.4 Å². The Bertz CT molecular complexity index is 1410. The molecule has 2 amide bonds. The van der Waals surface area contributed by atoms with E-state index in [0.29, 0.717) is 5.69 Å². The van der Waals surface area contributed by atoms with E-state index < -0.39 is 27.7 Å². The zero-order valence-corrected chi connectivity index (χ0v) is 19.6. The molecule has 12 heteroatoms. The Morgan fingerprint density at radius 1 is 1.00 bits per heavy atom. The first-order chi connectivity index (χ1) is 16.4. The molecule has 1 aliphatic heterocycles. The second-order valence-electron chi connectivity index (χ2n) is 7.62. The highest BCUT2D eigenvalue weighted by Gasteiger charge is 2.30. The minimum atomic E-state index is -4.54.